The third kappa shape index (κ3) is 8.82. The fourth-order valence-corrected chi connectivity index (χ4v) is 6.35. The molecule has 266 valence electrons. The molecule has 2 aromatic carbocycles. The number of rotatable bonds is 12. The van der Waals surface area contributed by atoms with E-state index in [9.17, 15) is 9.59 Å². The summed E-state index contributed by atoms with van der Waals surface area (Å²) in [5.74, 6) is 0.617. The number of unbranched alkanes of at least 4 members (excludes halogenated alkanes) is 1. The third-order valence-corrected chi connectivity index (χ3v) is 8.96. The topological polar surface area (TPSA) is 117 Å². The van der Waals surface area contributed by atoms with E-state index in [2.05, 4.69) is 48.3 Å². The van der Waals surface area contributed by atoms with Crippen LogP contribution >= 0.6 is 0 Å². The van der Waals surface area contributed by atoms with Gasteiger partial charge < -0.3 is 24.8 Å². The molecule has 1 aliphatic rings. The summed E-state index contributed by atoms with van der Waals surface area (Å²) >= 11 is 0. The highest BCUT2D eigenvalue weighted by molar-refractivity contribution is 6.07. The minimum Gasteiger partial charge on any atom is -0.489 e. The van der Waals surface area contributed by atoms with Crippen LogP contribution < -0.4 is 20.9 Å². The van der Waals surface area contributed by atoms with Gasteiger partial charge in [0.15, 0.2) is 6.29 Å². The highest BCUT2D eigenvalue weighted by Crippen LogP contribution is 2.36. The maximum absolute atomic E-state index is 14.4. The normalized spacial score (nSPS) is 14.7. The number of hydrogen-bond donors (Lipinski definition) is 2. The molecule has 6 rings (SSSR count). The fraction of sp³-hybridized carbons (Fsp3) is 0.366. The number of urea groups is 1. The number of amides is 2. The number of anilines is 2. The van der Waals surface area contributed by atoms with Gasteiger partial charge in [-0.1, -0.05) is 64.4 Å². The van der Waals surface area contributed by atoms with E-state index in [1.54, 1.807) is 23.2 Å². The van der Waals surface area contributed by atoms with Gasteiger partial charge in [0.2, 0.25) is 0 Å². The van der Waals surface area contributed by atoms with Crippen molar-refractivity contribution in [1.29, 1.82) is 0 Å². The van der Waals surface area contributed by atoms with Crippen molar-refractivity contribution in [3.8, 4) is 16.9 Å². The van der Waals surface area contributed by atoms with E-state index in [1.165, 1.54) is 0 Å². The molecule has 1 unspecified atom stereocenters. The van der Waals surface area contributed by atoms with Crippen molar-refractivity contribution in [2.24, 2.45) is 0 Å². The number of carbonyl (C=O) groups is 1. The standard InChI is InChI=1S/C41H47N5O5/c1-5-6-21-46-38-32(15-11-20-43-38)36(30-13-9-14-31(24-30)50-27-29-12-10-19-42-25-29)37(39(46)47)45-40(48)44-34-23-28(17-18-33(34)41(2,3)4)26-51-35-16-7-8-22-49-35/h9-15,17-20,23-25,35H,5-8,16,21-22,26-27H2,1-4H3,(H2,44,45,48). The van der Waals surface area contributed by atoms with Crippen molar-refractivity contribution >= 4 is 28.4 Å². The van der Waals surface area contributed by atoms with Crippen LogP contribution in [-0.4, -0.2) is 33.5 Å². The van der Waals surface area contributed by atoms with E-state index < -0.39 is 6.03 Å². The molecule has 5 aromatic rings. The average molecular weight is 690 g/mol. The van der Waals surface area contributed by atoms with Crippen molar-refractivity contribution in [2.45, 2.75) is 91.3 Å². The van der Waals surface area contributed by atoms with Gasteiger partial charge in [-0.2, -0.15) is 0 Å². The van der Waals surface area contributed by atoms with Gasteiger partial charge in [-0.25, -0.2) is 9.78 Å². The molecular formula is C41H47N5O5. The lowest BCUT2D eigenvalue weighted by Gasteiger charge is -2.25. The summed E-state index contributed by atoms with van der Waals surface area (Å²) in [6, 6.07) is 20.6. The molecular weight excluding hydrogens is 642 g/mol. The molecule has 1 aliphatic heterocycles. The first-order chi connectivity index (χ1) is 24.7. The van der Waals surface area contributed by atoms with Crippen molar-refractivity contribution in [2.75, 3.05) is 17.2 Å². The van der Waals surface area contributed by atoms with Gasteiger partial charge in [0.25, 0.3) is 5.56 Å². The minimum atomic E-state index is -0.526. The molecule has 4 heterocycles. The number of aryl methyl sites for hydroxylation is 1. The van der Waals surface area contributed by atoms with E-state index in [0.29, 0.717) is 54.6 Å². The lowest BCUT2D eigenvalue weighted by Crippen LogP contribution is -2.30. The Morgan fingerprint density at radius 2 is 1.84 bits per heavy atom. The van der Waals surface area contributed by atoms with E-state index >= 15 is 0 Å². The summed E-state index contributed by atoms with van der Waals surface area (Å²) in [7, 11) is 0. The molecule has 51 heavy (non-hydrogen) atoms. The van der Waals surface area contributed by atoms with Crippen LogP contribution in [0.5, 0.6) is 5.75 Å². The average Bonchev–Trinajstić information content (AvgIpc) is 3.14. The predicted octanol–water partition coefficient (Wildman–Crippen LogP) is 8.82. The van der Waals surface area contributed by atoms with E-state index in [-0.39, 0.29) is 23.0 Å². The molecule has 1 saturated heterocycles. The molecule has 1 atom stereocenters. The van der Waals surface area contributed by atoms with Crippen LogP contribution in [0.2, 0.25) is 0 Å². The second kappa shape index (κ2) is 16.3. The maximum atomic E-state index is 14.4. The Morgan fingerprint density at radius 3 is 2.61 bits per heavy atom. The summed E-state index contributed by atoms with van der Waals surface area (Å²) in [5, 5.41) is 6.80. The van der Waals surface area contributed by atoms with Crippen LogP contribution in [0, 0.1) is 0 Å². The fourth-order valence-electron chi connectivity index (χ4n) is 6.35. The SMILES string of the molecule is CCCCn1c(=O)c(NC(=O)Nc2cc(COC3CCCCO3)ccc2C(C)(C)C)c(-c2cccc(OCc3cccnc3)c2)c2cccnc21. The molecule has 3 aromatic heterocycles. The first-order valence-electron chi connectivity index (χ1n) is 17.8. The van der Waals surface area contributed by atoms with Gasteiger partial charge in [-0.3, -0.25) is 14.3 Å². The number of benzene rings is 2. The number of hydrogen-bond acceptors (Lipinski definition) is 7. The maximum Gasteiger partial charge on any atom is 0.323 e. The molecule has 2 N–H and O–H groups in total. The summed E-state index contributed by atoms with van der Waals surface area (Å²) < 4.78 is 19.6. The Hall–Kier alpha value is -5.06. The molecule has 0 radical (unpaired) electrons. The first kappa shape index (κ1) is 35.8. The predicted molar refractivity (Wildman–Crippen MR) is 201 cm³/mol. The second-order valence-corrected chi connectivity index (χ2v) is 13.9. The third-order valence-electron chi connectivity index (χ3n) is 8.96. The Balaban J connectivity index is 1.36. The number of nitrogens with one attached hydrogen (secondary N) is 2. The van der Waals surface area contributed by atoms with Crippen LogP contribution in [0.25, 0.3) is 22.2 Å². The molecule has 0 aliphatic carbocycles. The van der Waals surface area contributed by atoms with Gasteiger partial charge in [0.05, 0.1) is 6.61 Å². The quantitative estimate of drug-likeness (QED) is 0.134. The molecule has 2 amide bonds. The summed E-state index contributed by atoms with van der Waals surface area (Å²) in [6.07, 6.45) is 9.62. The zero-order chi connectivity index (χ0) is 35.8. The lowest BCUT2D eigenvalue weighted by molar-refractivity contribution is -0.168. The molecule has 10 heteroatoms. The second-order valence-electron chi connectivity index (χ2n) is 13.9. The number of nitrogens with zero attached hydrogens (tertiary/aromatic N) is 3. The molecule has 1 fully saturated rings. The Bertz CT molecular complexity index is 2020. The van der Waals surface area contributed by atoms with Gasteiger partial charge in [0.1, 0.15) is 23.7 Å². The van der Waals surface area contributed by atoms with Crippen LogP contribution in [0.4, 0.5) is 16.2 Å². The van der Waals surface area contributed by atoms with Gasteiger partial charge >= 0.3 is 6.03 Å². The van der Waals surface area contributed by atoms with Gasteiger partial charge in [-0.05, 0) is 84.2 Å². The van der Waals surface area contributed by atoms with Gasteiger partial charge in [-0.15, -0.1) is 0 Å². The molecule has 0 saturated carbocycles. The summed E-state index contributed by atoms with van der Waals surface area (Å²) in [4.78, 5) is 37.2. The van der Waals surface area contributed by atoms with E-state index in [4.69, 9.17) is 14.2 Å². The van der Waals surface area contributed by atoms with Crippen molar-refractivity contribution in [1.82, 2.24) is 14.5 Å². The van der Waals surface area contributed by atoms with Crippen LogP contribution in [-0.2, 0) is 34.6 Å². The number of fused-ring (bicyclic) bond motifs is 1. The first-order valence-corrected chi connectivity index (χ1v) is 17.8. The van der Waals surface area contributed by atoms with E-state index in [0.717, 1.165) is 54.2 Å². The molecule has 0 bridgehead atoms. The van der Waals surface area contributed by atoms with Crippen molar-refractivity contribution < 1.29 is 19.0 Å². The monoisotopic (exact) mass is 689 g/mol. The van der Waals surface area contributed by atoms with Crippen LogP contribution in [0.3, 0.4) is 0 Å². The highest BCUT2D eigenvalue weighted by Gasteiger charge is 2.24. The zero-order valence-corrected chi connectivity index (χ0v) is 29.9. The Kier molecular flexibility index (Phi) is 11.4. The smallest absolute Gasteiger partial charge is 0.323 e. The minimum absolute atomic E-state index is 0.166. The lowest BCUT2D eigenvalue weighted by atomic mass is 9.85. The summed E-state index contributed by atoms with van der Waals surface area (Å²) in [6.45, 7) is 10.2. The van der Waals surface area contributed by atoms with Crippen molar-refractivity contribution in [3.63, 3.8) is 0 Å². The van der Waals surface area contributed by atoms with Gasteiger partial charge in [0, 0.05) is 53.9 Å². The Morgan fingerprint density at radius 1 is 0.980 bits per heavy atom. The molecule has 0 spiro atoms. The van der Waals surface area contributed by atoms with Crippen LogP contribution in [0.15, 0.2) is 90.1 Å². The number of carbonyl (C=O) groups excluding carboxylic acids is 1. The largest absolute Gasteiger partial charge is 0.489 e. The van der Waals surface area contributed by atoms with Crippen molar-refractivity contribution in [3.05, 3.63) is 112 Å². The van der Waals surface area contributed by atoms with Crippen LogP contribution in [0.1, 0.15) is 76.5 Å². The number of pyridine rings is 3. The molecule has 10 nitrogen and oxygen atoms in total. The van der Waals surface area contributed by atoms with E-state index in [1.807, 2.05) is 66.7 Å². The number of ether oxygens (including phenoxy) is 3. The summed E-state index contributed by atoms with van der Waals surface area (Å²) in [5.41, 5.74) is 4.86. The highest BCUT2D eigenvalue weighted by atomic mass is 16.7. The zero-order valence-electron chi connectivity index (χ0n) is 29.9. The Labute approximate surface area is 299 Å². The number of aromatic nitrogens is 3.